The molecule has 2 rings (SSSR count). The molecule has 0 amide bonds. The molecule has 0 aliphatic carbocycles. The van der Waals surface area contributed by atoms with Gasteiger partial charge >= 0.3 is 0 Å². The van der Waals surface area contributed by atoms with E-state index >= 15 is 0 Å². The predicted octanol–water partition coefficient (Wildman–Crippen LogP) is 2.28. The predicted molar refractivity (Wildman–Crippen MR) is 66.9 cm³/mol. The molecule has 0 saturated heterocycles. The van der Waals surface area contributed by atoms with Crippen LogP contribution in [0, 0.1) is 0 Å². The van der Waals surface area contributed by atoms with E-state index in [0.717, 1.165) is 11.3 Å². The standard InChI is InChI=1S/C13H13ClN2O/c14-13-9-15-6-4-10(13)7-12(17)8-11-3-1-2-5-16-11/h1-6,9,12,17H,7-8H2. The van der Waals surface area contributed by atoms with Crippen LogP contribution in [0.2, 0.25) is 5.02 Å². The Morgan fingerprint density at radius 3 is 2.76 bits per heavy atom. The van der Waals surface area contributed by atoms with Gasteiger partial charge in [-0.2, -0.15) is 0 Å². The van der Waals surface area contributed by atoms with Gasteiger partial charge in [0.1, 0.15) is 0 Å². The molecule has 0 spiro atoms. The largest absolute Gasteiger partial charge is 0.392 e. The Hall–Kier alpha value is -1.45. The second kappa shape index (κ2) is 5.75. The molecule has 4 heteroatoms. The van der Waals surface area contributed by atoms with Gasteiger partial charge in [0, 0.05) is 37.1 Å². The summed E-state index contributed by atoms with van der Waals surface area (Å²) >= 11 is 5.98. The summed E-state index contributed by atoms with van der Waals surface area (Å²) in [6.45, 7) is 0. The summed E-state index contributed by atoms with van der Waals surface area (Å²) in [5.74, 6) is 0. The Morgan fingerprint density at radius 1 is 1.18 bits per heavy atom. The quantitative estimate of drug-likeness (QED) is 0.903. The molecule has 0 aliphatic rings. The summed E-state index contributed by atoms with van der Waals surface area (Å²) in [5.41, 5.74) is 1.79. The van der Waals surface area contributed by atoms with E-state index in [1.54, 1.807) is 18.6 Å². The van der Waals surface area contributed by atoms with Gasteiger partial charge in [-0.15, -0.1) is 0 Å². The molecule has 0 radical (unpaired) electrons. The van der Waals surface area contributed by atoms with Crippen LogP contribution in [0.5, 0.6) is 0 Å². The van der Waals surface area contributed by atoms with Crippen LogP contribution >= 0.6 is 11.6 Å². The second-order valence-electron chi connectivity index (χ2n) is 3.85. The van der Waals surface area contributed by atoms with E-state index in [-0.39, 0.29) is 0 Å². The van der Waals surface area contributed by atoms with E-state index in [9.17, 15) is 5.11 Å². The average Bonchev–Trinajstić information content (AvgIpc) is 2.33. The molecule has 1 unspecified atom stereocenters. The molecule has 17 heavy (non-hydrogen) atoms. The minimum absolute atomic E-state index is 0.482. The van der Waals surface area contributed by atoms with Crippen molar-refractivity contribution in [2.24, 2.45) is 0 Å². The lowest BCUT2D eigenvalue weighted by molar-refractivity contribution is 0.174. The van der Waals surface area contributed by atoms with Gasteiger partial charge in [-0.25, -0.2) is 0 Å². The first kappa shape index (κ1) is 12.0. The van der Waals surface area contributed by atoms with Crippen LogP contribution in [0.4, 0.5) is 0 Å². The molecular formula is C13H13ClN2O. The summed E-state index contributed by atoms with van der Waals surface area (Å²) < 4.78 is 0. The fourth-order valence-corrected chi connectivity index (χ4v) is 1.85. The number of aliphatic hydroxyl groups is 1. The molecule has 2 heterocycles. The van der Waals surface area contributed by atoms with Gasteiger partial charge in [-0.05, 0) is 23.8 Å². The topological polar surface area (TPSA) is 46.0 Å². The molecule has 2 aromatic rings. The van der Waals surface area contributed by atoms with Gasteiger partial charge < -0.3 is 5.11 Å². The highest BCUT2D eigenvalue weighted by atomic mass is 35.5. The molecule has 3 nitrogen and oxygen atoms in total. The monoisotopic (exact) mass is 248 g/mol. The van der Waals surface area contributed by atoms with Crippen molar-refractivity contribution in [2.45, 2.75) is 18.9 Å². The normalized spacial score (nSPS) is 12.4. The SMILES string of the molecule is OC(Cc1ccccn1)Cc1ccncc1Cl. The van der Waals surface area contributed by atoms with Crippen LogP contribution < -0.4 is 0 Å². The van der Waals surface area contributed by atoms with Gasteiger partial charge in [0.05, 0.1) is 11.1 Å². The van der Waals surface area contributed by atoms with Gasteiger partial charge in [0.15, 0.2) is 0 Å². The van der Waals surface area contributed by atoms with E-state index in [4.69, 9.17) is 11.6 Å². The first-order chi connectivity index (χ1) is 8.25. The average molecular weight is 249 g/mol. The minimum Gasteiger partial charge on any atom is -0.392 e. The zero-order valence-electron chi connectivity index (χ0n) is 9.25. The number of aromatic nitrogens is 2. The van der Waals surface area contributed by atoms with E-state index in [1.165, 1.54) is 0 Å². The highest BCUT2D eigenvalue weighted by Crippen LogP contribution is 2.16. The van der Waals surface area contributed by atoms with Crippen molar-refractivity contribution in [2.75, 3.05) is 0 Å². The number of rotatable bonds is 4. The molecule has 1 N–H and O–H groups in total. The molecule has 88 valence electrons. The van der Waals surface area contributed by atoms with Gasteiger partial charge in [-0.1, -0.05) is 17.7 Å². The molecule has 1 atom stereocenters. The Kier molecular flexibility index (Phi) is 4.07. The van der Waals surface area contributed by atoms with E-state index in [0.29, 0.717) is 17.9 Å². The van der Waals surface area contributed by atoms with Crippen LogP contribution in [0.15, 0.2) is 42.9 Å². The van der Waals surface area contributed by atoms with Crippen molar-refractivity contribution in [3.63, 3.8) is 0 Å². The first-order valence-electron chi connectivity index (χ1n) is 5.42. The van der Waals surface area contributed by atoms with Crippen LogP contribution in [-0.4, -0.2) is 21.2 Å². The van der Waals surface area contributed by atoms with E-state index < -0.39 is 6.10 Å². The van der Waals surface area contributed by atoms with Crippen LogP contribution in [0.1, 0.15) is 11.3 Å². The molecule has 0 fully saturated rings. The van der Waals surface area contributed by atoms with Gasteiger partial charge in [0.25, 0.3) is 0 Å². The Balaban J connectivity index is 1.98. The summed E-state index contributed by atoms with van der Waals surface area (Å²) in [6.07, 6.45) is 5.54. The van der Waals surface area contributed by atoms with Crippen molar-refractivity contribution in [1.82, 2.24) is 9.97 Å². The Morgan fingerprint density at radius 2 is 2.06 bits per heavy atom. The first-order valence-corrected chi connectivity index (χ1v) is 5.80. The third-order valence-corrected chi connectivity index (χ3v) is 2.82. The molecule has 2 aromatic heterocycles. The van der Waals surface area contributed by atoms with Crippen molar-refractivity contribution in [3.8, 4) is 0 Å². The smallest absolute Gasteiger partial charge is 0.0636 e. The molecule has 0 saturated carbocycles. The number of hydrogen-bond donors (Lipinski definition) is 1. The van der Waals surface area contributed by atoms with E-state index in [1.807, 2.05) is 24.3 Å². The van der Waals surface area contributed by atoms with Crippen molar-refractivity contribution >= 4 is 11.6 Å². The number of halogens is 1. The van der Waals surface area contributed by atoms with Crippen molar-refractivity contribution < 1.29 is 5.11 Å². The summed E-state index contributed by atoms with van der Waals surface area (Å²) in [5, 5.41) is 10.6. The van der Waals surface area contributed by atoms with Crippen LogP contribution in [0.25, 0.3) is 0 Å². The number of pyridine rings is 2. The lowest BCUT2D eigenvalue weighted by atomic mass is 10.1. The highest BCUT2D eigenvalue weighted by molar-refractivity contribution is 6.31. The van der Waals surface area contributed by atoms with Gasteiger partial charge in [0.2, 0.25) is 0 Å². The Labute approximate surface area is 105 Å². The lowest BCUT2D eigenvalue weighted by Crippen LogP contribution is -2.15. The third-order valence-electron chi connectivity index (χ3n) is 2.48. The second-order valence-corrected chi connectivity index (χ2v) is 4.26. The van der Waals surface area contributed by atoms with Crippen LogP contribution in [0.3, 0.4) is 0 Å². The summed E-state index contributed by atoms with van der Waals surface area (Å²) in [4.78, 5) is 8.09. The van der Waals surface area contributed by atoms with Gasteiger partial charge in [-0.3, -0.25) is 9.97 Å². The highest BCUT2D eigenvalue weighted by Gasteiger charge is 2.09. The van der Waals surface area contributed by atoms with Crippen LogP contribution in [-0.2, 0) is 12.8 Å². The molecule has 0 bridgehead atoms. The molecule has 0 aliphatic heterocycles. The summed E-state index contributed by atoms with van der Waals surface area (Å²) in [7, 11) is 0. The fraction of sp³-hybridized carbons (Fsp3) is 0.231. The lowest BCUT2D eigenvalue weighted by Gasteiger charge is -2.10. The maximum atomic E-state index is 9.96. The molecular weight excluding hydrogens is 236 g/mol. The Bertz CT molecular complexity index is 476. The van der Waals surface area contributed by atoms with E-state index in [2.05, 4.69) is 9.97 Å². The third kappa shape index (κ3) is 3.51. The zero-order chi connectivity index (χ0) is 12.1. The number of aliphatic hydroxyl groups excluding tert-OH is 1. The maximum Gasteiger partial charge on any atom is 0.0636 e. The summed E-state index contributed by atoms with van der Waals surface area (Å²) in [6, 6.07) is 7.49. The number of hydrogen-bond acceptors (Lipinski definition) is 3. The van der Waals surface area contributed by atoms with Crippen molar-refractivity contribution in [1.29, 1.82) is 0 Å². The zero-order valence-corrected chi connectivity index (χ0v) is 10.0. The fourth-order valence-electron chi connectivity index (χ4n) is 1.66. The molecule has 0 aromatic carbocycles. The maximum absolute atomic E-state index is 9.96. The van der Waals surface area contributed by atoms with Crippen molar-refractivity contribution in [3.05, 3.63) is 59.1 Å². The minimum atomic E-state index is -0.482. The number of nitrogens with zero attached hydrogens (tertiary/aromatic N) is 2.